The fraction of sp³-hybridized carbons (Fsp3) is 0.647. The average Bonchev–Trinajstić information content (AvgIpc) is 2.43. The summed E-state index contributed by atoms with van der Waals surface area (Å²) in [4.78, 5) is 0. The van der Waals surface area contributed by atoms with Crippen molar-refractivity contribution in [3.05, 3.63) is 35.4 Å². The Morgan fingerprint density at radius 1 is 1.14 bits per heavy atom. The zero-order valence-electron chi connectivity index (χ0n) is 13.1. The molecule has 2 unspecified atom stereocenters. The van der Waals surface area contributed by atoms with E-state index in [9.17, 15) is 13.2 Å². The molecular weight excluding hydrogens is 275 g/mol. The normalized spacial score (nSPS) is 15.0. The molecule has 1 aromatic rings. The molecule has 1 nitrogen and oxygen atoms in total. The lowest BCUT2D eigenvalue weighted by Gasteiger charge is -2.25. The monoisotopic (exact) mass is 301 g/mol. The summed E-state index contributed by atoms with van der Waals surface area (Å²) >= 11 is 0. The van der Waals surface area contributed by atoms with Crippen LogP contribution in [0.2, 0.25) is 0 Å². The molecule has 0 amide bonds. The Labute approximate surface area is 125 Å². The van der Waals surface area contributed by atoms with Crippen LogP contribution in [0.15, 0.2) is 24.3 Å². The summed E-state index contributed by atoms with van der Waals surface area (Å²) < 4.78 is 38.6. The smallest absolute Gasteiger partial charge is 0.316 e. The summed E-state index contributed by atoms with van der Waals surface area (Å²) in [6.07, 6.45) is -1.18. The third-order valence-corrected chi connectivity index (χ3v) is 3.86. The highest BCUT2D eigenvalue weighted by atomic mass is 19.4. The molecule has 0 fully saturated rings. The number of benzene rings is 1. The van der Waals surface area contributed by atoms with Crippen LogP contribution in [0.5, 0.6) is 0 Å². The Balaban J connectivity index is 2.96. The molecule has 1 rings (SSSR count). The Morgan fingerprint density at radius 3 is 2.43 bits per heavy atom. The van der Waals surface area contributed by atoms with Gasteiger partial charge in [-0.2, -0.15) is 13.2 Å². The summed E-state index contributed by atoms with van der Waals surface area (Å²) in [5.74, 6) is 0.488. The predicted octanol–water partition coefficient (Wildman–Crippen LogP) is 5.22. The van der Waals surface area contributed by atoms with E-state index in [-0.39, 0.29) is 5.92 Å². The van der Waals surface area contributed by atoms with Gasteiger partial charge in [0.25, 0.3) is 0 Å². The van der Waals surface area contributed by atoms with Crippen LogP contribution in [0, 0.1) is 5.92 Å². The van der Waals surface area contributed by atoms with Crippen LogP contribution in [-0.4, -0.2) is 13.1 Å². The van der Waals surface area contributed by atoms with Crippen LogP contribution in [0.25, 0.3) is 0 Å². The number of hydrogen-bond donors (Lipinski definition) is 1. The van der Waals surface area contributed by atoms with E-state index in [1.807, 2.05) is 6.07 Å². The van der Waals surface area contributed by atoms with Gasteiger partial charge in [-0.3, -0.25) is 0 Å². The van der Waals surface area contributed by atoms with Crippen LogP contribution >= 0.6 is 0 Å². The fourth-order valence-corrected chi connectivity index (χ4v) is 2.68. The van der Waals surface area contributed by atoms with Crippen molar-refractivity contribution >= 4 is 0 Å². The highest BCUT2D eigenvalue weighted by molar-refractivity contribution is 5.29. The predicted molar refractivity (Wildman–Crippen MR) is 81.4 cm³/mol. The molecule has 0 aliphatic carbocycles. The molecule has 1 N–H and O–H groups in total. The third-order valence-electron chi connectivity index (χ3n) is 3.86. The van der Waals surface area contributed by atoms with Gasteiger partial charge < -0.3 is 5.32 Å². The number of nitrogens with one attached hydrogen (secondary N) is 1. The second kappa shape index (κ2) is 8.42. The number of alkyl halides is 3. The van der Waals surface area contributed by atoms with Gasteiger partial charge in [-0.25, -0.2) is 0 Å². The molecular formula is C17H26F3N. The second-order valence-corrected chi connectivity index (χ2v) is 5.70. The lowest BCUT2D eigenvalue weighted by molar-refractivity contribution is -0.137. The molecule has 4 heteroatoms. The van der Waals surface area contributed by atoms with Crippen molar-refractivity contribution in [3.63, 3.8) is 0 Å². The minimum Gasteiger partial charge on any atom is -0.316 e. The van der Waals surface area contributed by atoms with Crippen molar-refractivity contribution in [2.75, 3.05) is 13.1 Å². The molecule has 0 aromatic heterocycles. The summed E-state index contributed by atoms with van der Waals surface area (Å²) in [7, 11) is 0. The van der Waals surface area contributed by atoms with E-state index in [1.54, 1.807) is 0 Å². The SMILES string of the molecule is CCCNCC(c1cccc(C(F)(F)F)c1)C(C)CCC. The first-order valence-corrected chi connectivity index (χ1v) is 7.78. The van der Waals surface area contributed by atoms with E-state index in [4.69, 9.17) is 0 Å². The van der Waals surface area contributed by atoms with Gasteiger partial charge in [0, 0.05) is 6.54 Å². The summed E-state index contributed by atoms with van der Waals surface area (Å²) in [6.45, 7) is 7.95. The number of rotatable bonds is 8. The molecule has 21 heavy (non-hydrogen) atoms. The topological polar surface area (TPSA) is 12.0 Å². The zero-order chi connectivity index (χ0) is 15.9. The Kier molecular flexibility index (Phi) is 7.23. The van der Waals surface area contributed by atoms with Gasteiger partial charge in [-0.05, 0) is 36.4 Å². The standard InChI is InChI=1S/C17H26F3N/c1-4-7-13(3)16(12-21-10-5-2)14-8-6-9-15(11-14)17(18,19)20/h6,8-9,11,13,16,21H,4-5,7,10,12H2,1-3H3. The van der Waals surface area contributed by atoms with E-state index in [1.165, 1.54) is 12.1 Å². The number of hydrogen-bond acceptors (Lipinski definition) is 1. The lowest BCUT2D eigenvalue weighted by atomic mass is 9.84. The summed E-state index contributed by atoms with van der Waals surface area (Å²) in [6, 6.07) is 5.79. The van der Waals surface area contributed by atoms with Gasteiger partial charge >= 0.3 is 6.18 Å². The first-order chi connectivity index (χ1) is 9.90. The van der Waals surface area contributed by atoms with E-state index in [2.05, 4.69) is 26.1 Å². The molecule has 0 saturated carbocycles. The number of halogens is 3. The van der Waals surface area contributed by atoms with Crippen molar-refractivity contribution in [2.24, 2.45) is 5.92 Å². The van der Waals surface area contributed by atoms with Gasteiger partial charge in [0.2, 0.25) is 0 Å². The zero-order valence-corrected chi connectivity index (χ0v) is 13.1. The minimum atomic E-state index is -4.27. The maximum Gasteiger partial charge on any atom is 0.416 e. The Morgan fingerprint density at radius 2 is 1.86 bits per heavy atom. The maximum absolute atomic E-state index is 12.9. The minimum absolute atomic E-state index is 0.124. The first-order valence-electron chi connectivity index (χ1n) is 7.78. The molecule has 1 aromatic carbocycles. The highest BCUT2D eigenvalue weighted by Gasteiger charge is 2.31. The maximum atomic E-state index is 12.9. The van der Waals surface area contributed by atoms with Crippen LogP contribution < -0.4 is 5.32 Å². The Bertz CT molecular complexity index is 415. The van der Waals surface area contributed by atoms with Gasteiger partial charge in [0.15, 0.2) is 0 Å². The van der Waals surface area contributed by atoms with E-state index in [0.29, 0.717) is 5.92 Å². The summed E-state index contributed by atoms with van der Waals surface area (Å²) in [5.41, 5.74) is 0.235. The van der Waals surface area contributed by atoms with Gasteiger partial charge in [-0.1, -0.05) is 51.8 Å². The fourth-order valence-electron chi connectivity index (χ4n) is 2.68. The Hall–Kier alpha value is -1.03. The van der Waals surface area contributed by atoms with Crippen molar-refractivity contribution in [1.29, 1.82) is 0 Å². The third kappa shape index (κ3) is 5.70. The van der Waals surface area contributed by atoms with Crippen molar-refractivity contribution in [1.82, 2.24) is 5.32 Å². The summed E-state index contributed by atoms with van der Waals surface area (Å²) in [5, 5.41) is 3.35. The van der Waals surface area contributed by atoms with Crippen LogP contribution in [-0.2, 0) is 6.18 Å². The molecule has 0 heterocycles. The second-order valence-electron chi connectivity index (χ2n) is 5.70. The largest absolute Gasteiger partial charge is 0.416 e. The quantitative estimate of drug-likeness (QED) is 0.649. The van der Waals surface area contributed by atoms with Crippen molar-refractivity contribution < 1.29 is 13.2 Å². The molecule has 0 aliphatic heterocycles. The average molecular weight is 301 g/mol. The van der Waals surface area contributed by atoms with E-state index < -0.39 is 11.7 Å². The van der Waals surface area contributed by atoms with E-state index >= 15 is 0 Å². The molecule has 0 aliphatic rings. The molecule has 0 radical (unpaired) electrons. The molecule has 2 atom stereocenters. The highest BCUT2D eigenvalue weighted by Crippen LogP contribution is 2.33. The molecule has 0 bridgehead atoms. The van der Waals surface area contributed by atoms with Gasteiger partial charge in [0.1, 0.15) is 0 Å². The van der Waals surface area contributed by atoms with Crippen LogP contribution in [0.3, 0.4) is 0 Å². The van der Waals surface area contributed by atoms with Crippen molar-refractivity contribution in [2.45, 2.75) is 52.1 Å². The van der Waals surface area contributed by atoms with Gasteiger partial charge in [-0.15, -0.1) is 0 Å². The molecule has 0 saturated heterocycles. The lowest BCUT2D eigenvalue weighted by Crippen LogP contribution is -2.26. The first kappa shape index (κ1) is 18.0. The van der Waals surface area contributed by atoms with E-state index in [0.717, 1.165) is 44.0 Å². The molecule has 0 spiro atoms. The van der Waals surface area contributed by atoms with Crippen LogP contribution in [0.1, 0.15) is 57.1 Å². The molecule has 120 valence electrons. The van der Waals surface area contributed by atoms with Crippen molar-refractivity contribution in [3.8, 4) is 0 Å². The van der Waals surface area contributed by atoms with Gasteiger partial charge in [0.05, 0.1) is 5.56 Å². The van der Waals surface area contributed by atoms with Crippen LogP contribution in [0.4, 0.5) is 13.2 Å².